The summed E-state index contributed by atoms with van der Waals surface area (Å²) in [6, 6.07) is 28.3. The van der Waals surface area contributed by atoms with Crippen LogP contribution in [0, 0.1) is 10.2 Å². The molecule has 0 aliphatic heterocycles. The first-order valence-corrected chi connectivity index (χ1v) is 11.2. The zero-order chi connectivity index (χ0) is 24.1. The Kier molecular flexibility index (Phi) is 6.82. The summed E-state index contributed by atoms with van der Waals surface area (Å²) >= 11 is 0. The van der Waals surface area contributed by atoms with E-state index in [1.807, 2.05) is 73.1 Å². The number of pyridine rings is 2. The van der Waals surface area contributed by atoms with Crippen LogP contribution in [0.2, 0.25) is 0 Å². The lowest BCUT2D eigenvalue weighted by Gasteiger charge is -2.17. The van der Waals surface area contributed by atoms with Crippen LogP contribution in [0.25, 0.3) is 34.1 Å². The summed E-state index contributed by atoms with van der Waals surface area (Å²) in [5.41, 5.74) is 3.16. The minimum atomic E-state index is -4.94. The maximum atomic E-state index is 8.49. The number of halogens is 1. The third-order valence-electron chi connectivity index (χ3n) is 4.89. The molecule has 10 heteroatoms. The van der Waals surface area contributed by atoms with E-state index < -0.39 is 10.2 Å². The van der Waals surface area contributed by atoms with Crippen LogP contribution in [0.4, 0.5) is 0 Å². The van der Waals surface area contributed by atoms with Crippen molar-refractivity contribution in [3.63, 3.8) is 0 Å². The highest BCUT2D eigenvalue weighted by Gasteiger charge is 2.27. The predicted octanol–water partition coefficient (Wildman–Crippen LogP) is -0.383. The second-order valence-electron chi connectivity index (χ2n) is 6.97. The van der Waals surface area contributed by atoms with Crippen LogP contribution in [-0.2, 0) is 0 Å². The van der Waals surface area contributed by atoms with E-state index in [9.17, 15) is 0 Å². The van der Waals surface area contributed by atoms with E-state index in [1.165, 1.54) is 0 Å². The number of rotatable bonds is 4. The van der Waals surface area contributed by atoms with E-state index in [-0.39, 0.29) is 0 Å². The van der Waals surface area contributed by atoms with Crippen molar-refractivity contribution in [3.8, 4) is 28.8 Å². The molecule has 0 N–H and O–H groups in total. The van der Waals surface area contributed by atoms with Crippen molar-refractivity contribution in [1.29, 1.82) is 0 Å². The van der Waals surface area contributed by atoms with Gasteiger partial charge in [0.05, 0.1) is 7.11 Å². The van der Waals surface area contributed by atoms with Crippen LogP contribution in [0.3, 0.4) is 0 Å². The molecule has 0 radical (unpaired) electrons. The van der Waals surface area contributed by atoms with Gasteiger partial charge in [0.25, 0.3) is 5.82 Å². The minimum Gasteiger partial charge on any atom is -0.497 e. The fourth-order valence-corrected chi connectivity index (χ4v) is 3.60. The Hall–Kier alpha value is -3.86. The Balaban J connectivity index is 0.000000499. The van der Waals surface area contributed by atoms with Gasteiger partial charge in [0, 0.05) is 17.8 Å². The van der Waals surface area contributed by atoms with Gasteiger partial charge in [-0.2, -0.15) is 4.57 Å². The Morgan fingerprint density at radius 1 is 0.765 bits per heavy atom. The van der Waals surface area contributed by atoms with E-state index in [2.05, 4.69) is 43.4 Å². The van der Waals surface area contributed by atoms with Crippen molar-refractivity contribution in [2.75, 3.05) is 7.11 Å². The van der Waals surface area contributed by atoms with Crippen LogP contribution in [-0.4, -0.2) is 21.6 Å². The molecule has 0 spiro atoms. The molecule has 0 atom stereocenters. The molecule has 0 aliphatic rings. The summed E-state index contributed by atoms with van der Waals surface area (Å²) in [5, 5.41) is 0. The van der Waals surface area contributed by atoms with Crippen LogP contribution in [0.5, 0.6) is 5.75 Å². The Morgan fingerprint density at radius 2 is 1.38 bits per heavy atom. The standard InChI is InChI=1S/C24H19N4O.ClHO4/c1-29-19-14-12-18(13-15-19)24-27(22-10-4-6-16-25-22)20-8-2-3-9-21(20)28(24)23-11-5-7-17-26-23;2-1(3,4)5/h2-17H,1H3;(H,2,3,4,5)/q+1;/p-1. The van der Waals surface area contributed by atoms with Gasteiger partial charge in [0.2, 0.25) is 5.82 Å². The second-order valence-corrected chi connectivity index (χ2v) is 7.72. The molecule has 34 heavy (non-hydrogen) atoms. The van der Waals surface area contributed by atoms with Crippen LogP contribution in [0.1, 0.15) is 0 Å². The number of methoxy groups -OCH3 is 1. The maximum Gasteiger partial charge on any atom is 0.267 e. The van der Waals surface area contributed by atoms with Gasteiger partial charge in [-0.1, -0.05) is 24.3 Å². The monoisotopic (exact) mass is 478 g/mol. The maximum absolute atomic E-state index is 8.49. The first-order valence-electron chi connectivity index (χ1n) is 10.0. The summed E-state index contributed by atoms with van der Waals surface area (Å²) < 4.78 is 43.7. The molecular formula is C24H19ClN4O5. The topological polar surface area (TPSA) is 136 Å². The summed E-state index contributed by atoms with van der Waals surface area (Å²) in [4.78, 5) is 9.26. The van der Waals surface area contributed by atoms with Crippen LogP contribution in [0.15, 0.2) is 97.3 Å². The lowest BCUT2D eigenvalue weighted by molar-refractivity contribution is -2.00. The highest BCUT2D eigenvalue weighted by Crippen LogP contribution is 2.28. The highest BCUT2D eigenvalue weighted by atomic mass is 35.7. The number of nitrogens with zero attached hydrogens (tertiary/aromatic N) is 4. The van der Waals surface area contributed by atoms with E-state index in [1.54, 1.807) is 7.11 Å². The van der Waals surface area contributed by atoms with Crippen molar-refractivity contribution in [1.82, 2.24) is 14.5 Å². The normalized spacial score (nSPS) is 11.1. The van der Waals surface area contributed by atoms with Crippen LogP contribution < -0.4 is 27.9 Å². The average molecular weight is 479 g/mol. The lowest BCUT2D eigenvalue weighted by atomic mass is 10.2. The predicted molar refractivity (Wildman–Crippen MR) is 112 cm³/mol. The van der Waals surface area contributed by atoms with Crippen molar-refractivity contribution in [2.45, 2.75) is 0 Å². The Morgan fingerprint density at radius 3 is 1.97 bits per heavy atom. The molecule has 0 amide bonds. The smallest absolute Gasteiger partial charge is 0.267 e. The molecule has 0 unspecified atom stereocenters. The van der Waals surface area contributed by atoms with E-state index in [4.69, 9.17) is 23.4 Å². The van der Waals surface area contributed by atoms with Crippen molar-refractivity contribution in [3.05, 3.63) is 97.3 Å². The molecule has 2 aromatic carbocycles. The number of fused-ring (bicyclic) bond motifs is 1. The van der Waals surface area contributed by atoms with Gasteiger partial charge in [-0.3, -0.25) is 0 Å². The fraction of sp³-hybridized carbons (Fsp3) is 0.0417. The Labute approximate surface area is 197 Å². The third-order valence-corrected chi connectivity index (χ3v) is 4.89. The average Bonchev–Trinajstić information content (AvgIpc) is 3.19. The Bertz CT molecular complexity index is 1290. The molecule has 9 nitrogen and oxygen atoms in total. The molecule has 0 saturated carbocycles. The zero-order valence-electron chi connectivity index (χ0n) is 17.9. The van der Waals surface area contributed by atoms with Gasteiger partial charge in [-0.15, -0.1) is 15.2 Å². The quantitative estimate of drug-likeness (QED) is 0.321. The molecular weight excluding hydrogens is 460 g/mol. The van der Waals surface area contributed by atoms with E-state index >= 15 is 0 Å². The SMILES string of the molecule is COc1ccc(-c2n(-c3ccccn3)c3ccccc3[n+]2-c2ccccn2)cc1.[O-][Cl+3]([O-])([O-])[O-]. The molecule has 0 aliphatic carbocycles. The summed E-state index contributed by atoms with van der Waals surface area (Å²) in [5.74, 6) is 3.50. The van der Waals surface area contributed by atoms with Gasteiger partial charge < -0.3 is 4.74 Å². The summed E-state index contributed by atoms with van der Waals surface area (Å²) in [7, 11) is -3.27. The third kappa shape index (κ3) is 5.20. The molecule has 172 valence electrons. The molecule has 0 fully saturated rings. The minimum absolute atomic E-state index is 0.818. The zero-order valence-corrected chi connectivity index (χ0v) is 18.7. The van der Waals surface area contributed by atoms with Crippen LogP contribution >= 0.6 is 0 Å². The van der Waals surface area contributed by atoms with Gasteiger partial charge >= 0.3 is 0 Å². The van der Waals surface area contributed by atoms with Crippen molar-refractivity contribution in [2.24, 2.45) is 0 Å². The number of ether oxygens (including phenoxy) is 1. The van der Waals surface area contributed by atoms with Crippen molar-refractivity contribution >= 4 is 11.0 Å². The van der Waals surface area contributed by atoms with Gasteiger partial charge in [-0.05, 0) is 54.6 Å². The van der Waals surface area contributed by atoms with E-state index in [0.29, 0.717) is 0 Å². The second kappa shape index (κ2) is 9.96. The summed E-state index contributed by atoms with van der Waals surface area (Å²) in [6.45, 7) is 0. The number of benzene rings is 2. The molecule has 5 aromatic rings. The first-order chi connectivity index (χ1) is 16.4. The fourth-order valence-electron chi connectivity index (χ4n) is 3.60. The number of para-hydroxylation sites is 2. The summed E-state index contributed by atoms with van der Waals surface area (Å²) in [6.07, 6.45) is 3.63. The number of imidazole rings is 1. The first kappa shape index (κ1) is 23.3. The molecule has 3 heterocycles. The lowest BCUT2D eigenvalue weighted by Crippen LogP contribution is -2.68. The van der Waals surface area contributed by atoms with Crippen molar-refractivity contribution < 1.29 is 38.2 Å². The van der Waals surface area contributed by atoms with Gasteiger partial charge in [0.15, 0.2) is 5.82 Å². The number of hydrogen-bond acceptors (Lipinski definition) is 7. The van der Waals surface area contributed by atoms with E-state index in [0.717, 1.165) is 39.8 Å². The molecule has 3 aromatic heterocycles. The largest absolute Gasteiger partial charge is 0.497 e. The highest BCUT2D eigenvalue weighted by molar-refractivity contribution is 5.79. The molecule has 0 saturated heterocycles. The molecule has 5 rings (SSSR count). The van der Waals surface area contributed by atoms with Gasteiger partial charge in [-0.25, -0.2) is 28.2 Å². The van der Waals surface area contributed by atoms with Gasteiger partial charge in [0.1, 0.15) is 23.0 Å². The number of aromatic nitrogens is 4. The number of hydrogen-bond donors (Lipinski definition) is 0. The molecule has 0 bridgehead atoms.